The summed E-state index contributed by atoms with van der Waals surface area (Å²) in [7, 11) is 1.49. The van der Waals surface area contributed by atoms with Crippen LogP contribution in [-0.2, 0) is 0 Å². The first-order chi connectivity index (χ1) is 10.8. The summed E-state index contributed by atoms with van der Waals surface area (Å²) in [6, 6.07) is 7.42. The SMILES string of the molecule is COc1ncccc1C(=O)NC1CC(c2ccncc2)NN1. The minimum Gasteiger partial charge on any atom is -0.480 e. The van der Waals surface area contributed by atoms with Crippen molar-refractivity contribution in [2.45, 2.75) is 18.6 Å². The van der Waals surface area contributed by atoms with Gasteiger partial charge < -0.3 is 10.1 Å². The molecule has 3 heterocycles. The maximum absolute atomic E-state index is 12.3. The van der Waals surface area contributed by atoms with Gasteiger partial charge in [0.25, 0.3) is 5.91 Å². The summed E-state index contributed by atoms with van der Waals surface area (Å²) < 4.78 is 5.11. The van der Waals surface area contributed by atoms with Crippen LogP contribution in [0.25, 0.3) is 0 Å². The van der Waals surface area contributed by atoms with Gasteiger partial charge in [-0.1, -0.05) is 0 Å². The molecule has 2 atom stereocenters. The molecule has 0 bridgehead atoms. The van der Waals surface area contributed by atoms with Crippen LogP contribution in [-0.4, -0.2) is 29.2 Å². The quantitative estimate of drug-likeness (QED) is 0.773. The van der Waals surface area contributed by atoms with Crippen LogP contribution >= 0.6 is 0 Å². The summed E-state index contributed by atoms with van der Waals surface area (Å²) in [6.45, 7) is 0. The van der Waals surface area contributed by atoms with Crippen molar-refractivity contribution in [1.29, 1.82) is 0 Å². The van der Waals surface area contributed by atoms with Crippen molar-refractivity contribution in [2.75, 3.05) is 7.11 Å². The van der Waals surface area contributed by atoms with Gasteiger partial charge in [-0.3, -0.25) is 9.78 Å². The molecule has 0 radical (unpaired) electrons. The average molecular weight is 299 g/mol. The van der Waals surface area contributed by atoms with Crippen molar-refractivity contribution in [3.8, 4) is 5.88 Å². The number of aromatic nitrogens is 2. The number of amides is 1. The lowest BCUT2D eigenvalue weighted by atomic mass is 10.1. The largest absolute Gasteiger partial charge is 0.480 e. The Bertz CT molecular complexity index is 649. The summed E-state index contributed by atoms with van der Waals surface area (Å²) in [4.78, 5) is 20.3. The monoisotopic (exact) mass is 299 g/mol. The molecule has 0 aliphatic carbocycles. The smallest absolute Gasteiger partial charge is 0.258 e. The zero-order valence-corrected chi connectivity index (χ0v) is 12.1. The van der Waals surface area contributed by atoms with E-state index in [0.29, 0.717) is 11.4 Å². The first kappa shape index (κ1) is 14.4. The van der Waals surface area contributed by atoms with E-state index in [2.05, 4.69) is 26.1 Å². The molecule has 0 saturated carbocycles. The van der Waals surface area contributed by atoms with Crippen LogP contribution in [0.1, 0.15) is 28.4 Å². The number of methoxy groups -OCH3 is 1. The van der Waals surface area contributed by atoms with Gasteiger partial charge in [0, 0.05) is 31.1 Å². The van der Waals surface area contributed by atoms with Gasteiger partial charge in [0.05, 0.1) is 13.3 Å². The molecule has 1 amide bonds. The molecular formula is C15H17N5O2. The Hall–Kier alpha value is -2.51. The zero-order valence-electron chi connectivity index (χ0n) is 12.1. The highest BCUT2D eigenvalue weighted by atomic mass is 16.5. The fourth-order valence-electron chi connectivity index (χ4n) is 2.43. The van der Waals surface area contributed by atoms with Crippen LogP contribution in [0.4, 0.5) is 0 Å². The molecule has 1 saturated heterocycles. The number of rotatable bonds is 4. The van der Waals surface area contributed by atoms with E-state index in [9.17, 15) is 4.79 Å². The van der Waals surface area contributed by atoms with E-state index >= 15 is 0 Å². The Balaban J connectivity index is 1.64. The van der Waals surface area contributed by atoms with Gasteiger partial charge in [-0.15, -0.1) is 0 Å². The van der Waals surface area contributed by atoms with E-state index in [1.165, 1.54) is 7.11 Å². The number of carbonyl (C=O) groups is 1. The average Bonchev–Trinajstić information content (AvgIpc) is 3.04. The Kier molecular flexibility index (Phi) is 4.27. The van der Waals surface area contributed by atoms with Gasteiger partial charge in [-0.05, 0) is 29.8 Å². The summed E-state index contributed by atoms with van der Waals surface area (Å²) in [6.07, 6.45) is 5.66. The van der Waals surface area contributed by atoms with Gasteiger partial charge in [0.2, 0.25) is 5.88 Å². The first-order valence-electron chi connectivity index (χ1n) is 6.99. The van der Waals surface area contributed by atoms with E-state index in [1.54, 1.807) is 30.7 Å². The summed E-state index contributed by atoms with van der Waals surface area (Å²) >= 11 is 0. The van der Waals surface area contributed by atoms with Crippen LogP contribution in [0.15, 0.2) is 42.9 Å². The van der Waals surface area contributed by atoms with E-state index in [1.807, 2.05) is 12.1 Å². The highest BCUT2D eigenvalue weighted by Crippen LogP contribution is 2.21. The fourth-order valence-corrected chi connectivity index (χ4v) is 2.43. The Morgan fingerprint density at radius 3 is 2.86 bits per heavy atom. The normalized spacial score (nSPS) is 20.6. The molecule has 2 aromatic heterocycles. The number of nitrogens with zero attached hydrogens (tertiary/aromatic N) is 2. The van der Waals surface area contributed by atoms with Crippen LogP contribution in [0.5, 0.6) is 5.88 Å². The second-order valence-corrected chi connectivity index (χ2v) is 4.94. The fraction of sp³-hybridized carbons (Fsp3) is 0.267. The lowest BCUT2D eigenvalue weighted by Crippen LogP contribution is -2.44. The molecule has 22 heavy (non-hydrogen) atoms. The second-order valence-electron chi connectivity index (χ2n) is 4.94. The molecule has 0 spiro atoms. The maximum atomic E-state index is 12.3. The topological polar surface area (TPSA) is 88.2 Å². The predicted octanol–water partition coefficient (Wildman–Crippen LogP) is 0.780. The maximum Gasteiger partial charge on any atom is 0.258 e. The number of nitrogens with one attached hydrogen (secondary N) is 3. The van der Waals surface area contributed by atoms with Crippen LogP contribution < -0.4 is 20.9 Å². The van der Waals surface area contributed by atoms with Gasteiger partial charge in [0.1, 0.15) is 5.56 Å². The van der Waals surface area contributed by atoms with Crippen LogP contribution in [0, 0.1) is 0 Å². The molecule has 7 heteroatoms. The molecule has 3 N–H and O–H groups in total. The minimum atomic E-state index is -0.223. The molecule has 1 aliphatic heterocycles. The standard InChI is InChI=1S/C15H17N5O2/c1-22-15-11(3-2-6-17-15)14(21)18-13-9-12(19-20-13)10-4-7-16-8-5-10/h2-8,12-13,19-20H,9H2,1H3,(H,18,21). The number of pyridine rings is 2. The number of hydrazine groups is 1. The number of hydrogen-bond acceptors (Lipinski definition) is 6. The van der Waals surface area contributed by atoms with Crippen molar-refractivity contribution in [3.05, 3.63) is 54.0 Å². The predicted molar refractivity (Wildman–Crippen MR) is 79.9 cm³/mol. The second kappa shape index (κ2) is 6.50. The van der Waals surface area contributed by atoms with E-state index in [0.717, 1.165) is 12.0 Å². The molecule has 7 nitrogen and oxygen atoms in total. The summed E-state index contributed by atoms with van der Waals surface area (Å²) in [5.41, 5.74) is 7.79. The van der Waals surface area contributed by atoms with Crippen molar-refractivity contribution in [3.63, 3.8) is 0 Å². The molecule has 3 rings (SSSR count). The third kappa shape index (κ3) is 3.05. The van der Waals surface area contributed by atoms with E-state index in [4.69, 9.17) is 4.74 Å². The van der Waals surface area contributed by atoms with Gasteiger partial charge in [-0.25, -0.2) is 15.8 Å². The van der Waals surface area contributed by atoms with E-state index < -0.39 is 0 Å². The van der Waals surface area contributed by atoms with Crippen molar-refractivity contribution in [2.24, 2.45) is 0 Å². The lowest BCUT2D eigenvalue weighted by Gasteiger charge is -2.13. The third-order valence-electron chi connectivity index (χ3n) is 3.53. The van der Waals surface area contributed by atoms with Crippen LogP contribution in [0.2, 0.25) is 0 Å². The van der Waals surface area contributed by atoms with E-state index in [-0.39, 0.29) is 18.1 Å². The molecule has 2 aromatic rings. The minimum absolute atomic E-state index is 0.129. The summed E-state index contributed by atoms with van der Waals surface area (Å²) in [5, 5.41) is 2.92. The van der Waals surface area contributed by atoms with Crippen molar-refractivity contribution >= 4 is 5.91 Å². The van der Waals surface area contributed by atoms with Crippen molar-refractivity contribution < 1.29 is 9.53 Å². The number of hydrogen-bond donors (Lipinski definition) is 3. The number of carbonyl (C=O) groups excluding carboxylic acids is 1. The Morgan fingerprint density at radius 2 is 2.09 bits per heavy atom. The molecule has 1 aliphatic rings. The molecule has 0 aromatic carbocycles. The first-order valence-corrected chi connectivity index (χ1v) is 6.99. The van der Waals surface area contributed by atoms with Crippen molar-refractivity contribution in [1.82, 2.24) is 26.1 Å². The molecular weight excluding hydrogens is 282 g/mol. The lowest BCUT2D eigenvalue weighted by molar-refractivity contribution is 0.0928. The Morgan fingerprint density at radius 1 is 1.27 bits per heavy atom. The highest BCUT2D eigenvalue weighted by Gasteiger charge is 2.27. The highest BCUT2D eigenvalue weighted by molar-refractivity contribution is 5.96. The molecule has 2 unspecified atom stereocenters. The Labute approximate surface area is 128 Å². The van der Waals surface area contributed by atoms with Gasteiger partial charge in [-0.2, -0.15) is 0 Å². The molecule has 114 valence electrons. The summed E-state index contributed by atoms with van der Waals surface area (Å²) in [5.74, 6) is 0.0938. The molecule has 1 fully saturated rings. The number of ether oxygens (including phenoxy) is 1. The van der Waals surface area contributed by atoms with Gasteiger partial charge in [0.15, 0.2) is 0 Å². The zero-order chi connectivity index (χ0) is 15.4. The van der Waals surface area contributed by atoms with Gasteiger partial charge >= 0.3 is 0 Å². The van der Waals surface area contributed by atoms with Crippen LogP contribution in [0.3, 0.4) is 0 Å². The third-order valence-corrected chi connectivity index (χ3v) is 3.53.